The van der Waals surface area contributed by atoms with E-state index in [2.05, 4.69) is 66.4 Å². The number of esters is 1. The van der Waals surface area contributed by atoms with Gasteiger partial charge in [0.2, 0.25) is 0 Å². The summed E-state index contributed by atoms with van der Waals surface area (Å²) < 4.78 is 11.4. The number of carbonyl (C=O) groups excluding carboxylic acids is 1. The molecule has 3 rings (SSSR count). The number of piperidine rings is 1. The molecule has 4 nitrogen and oxygen atoms in total. The fourth-order valence-electron chi connectivity index (χ4n) is 4.25. The molecule has 0 aliphatic carbocycles. The van der Waals surface area contributed by atoms with Gasteiger partial charge in [-0.2, -0.15) is 0 Å². The fraction of sp³-hybridized carbons (Fsp3) is 0.519. The molecule has 1 aliphatic heterocycles. The van der Waals surface area contributed by atoms with E-state index in [1.54, 1.807) is 0 Å². The van der Waals surface area contributed by atoms with Crippen LogP contribution in [0.5, 0.6) is 0 Å². The van der Waals surface area contributed by atoms with Crippen LogP contribution in [0.4, 0.5) is 0 Å². The number of ether oxygens (including phenoxy) is 2. The number of benzene rings is 2. The van der Waals surface area contributed by atoms with Crippen molar-refractivity contribution in [1.82, 2.24) is 4.90 Å². The van der Waals surface area contributed by atoms with Crippen LogP contribution in [-0.4, -0.2) is 43.7 Å². The molecule has 2 aromatic carbocycles. The molecular formula is C27H37NO3. The van der Waals surface area contributed by atoms with Crippen molar-refractivity contribution in [3.63, 3.8) is 0 Å². The Balaban J connectivity index is 1.49. The molecule has 1 fully saturated rings. The summed E-state index contributed by atoms with van der Waals surface area (Å²) in [5.74, 6) is -0.102. The minimum Gasteiger partial charge on any atom is -0.469 e. The molecule has 31 heavy (non-hydrogen) atoms. The summed E-state index contributed by atoms with van der Waals surface area (Å²) in [7, 11) is 1.46. The highest BCUT2D eigenvalue weighted by atomic mass is 16.5. The first-order valence-electron chi connectivity index (χ1n) is 11.8. The SMILES string of the molecule is CCc1ccc(C(OC2CCN(CCCCCC(=O)OC)CC2)c2ccccc2)cc1. The maximum absolute atomic E-state index is 11.2. The third-order valence-corrected chi connectivity index (χ3v) is 6.24. The predicted molar refractivity (Wildman–Crippen MR) is 125 cm³/mol. The van der Waals surface area contributed by atoms with Crippen LogP contribution in [0.1, 0.15) is 68.2 Å². The lowest BCUT2D eigenvalue weighted by Gasteiger charge is -2.34. The number of likely N-dealkylation sites (tertiary alicyclic amines) is 1. The summed E-state index contributed by atoms with van der Waals surface area (Å²) in [5.41, 5.74) is 3.81. The van der Waals surface area contributed by atoms with Crippen LogP contribution in [0, 0.1) is 0 Å². The smallest absolute Gasteiger partial charge is 0.305 e. The summed E-state index contributed by atoms with van der Waals surface area (Å²) >= 11 is 0. The number of hydrogen-bond donors (Lipinski definition) is 0. The van der Waals surface area contributed by atoms with Crippen molar-refractivity contribution in [2.75, 3.05) is 26.7 Å². The topological polar surface area (TPSA) is 38.8 Å². The molecule has 0 bridgehead atoms. The van der Waals surface area contributed by atoms with E-state index in [-0.39, 0.29) is 18.2 Å². The number of nitrogens with zero attached hydrogens (tertiary/aromatic N) is 1. The Bertz CT molecular complexity index is 767. The summed E-state index contributed by atoms with van der Waals surface area (Å²) in [4.78, 5) is 13.7. The minimum atomic E-state index is -0.102. The molecule has 1 aliphatic rings. The fourth-order valence-corrected chi connectivity index (χ4v) is 4.25. The summed E-state index contributed by atoms with van der Waals surface area (Å²) in [5, 5.41) is 0. The van der Waals surface area contributed by atoms with E-state index < -0.39 is 0 Å². The highest BCUT2D eigenvalue weighted by Gasteiger charge is 2.24. The number of methoxy groups -OCH3 is 1. The Kier molecular flexibility index (Phi) is 9.57. The van der Waals surface area contributed by atoms with Crippen molar-refractivity contribution >= 4 is 5.97 Å². The van der Waals surface area contributed by atoms with E-state index in [1.807, 2.05) is 0 Å². The van der Waals surface area contributed by atoms with Gasteiger partial charge in [0.15, 0.2) is 0 Å². The number of rotatable bonds is 11. The van der Waals surface area contributed by atoms with Crippen LogP contribution in [-0.2, 0) is 20.7 Å². The van der Waals surface area contributed by atoms with E-state index in [4.69, 9.17) is 9.47 Å². The zero-order valence-electron chi connectivity index (χ0n) is 19.1. The van der Waals surface area contributed by atoms with Gasteiger partial charge in [0.05, 0.1) is 13.2 Å². The van der Waals surface area contributed by atoms with Crippen LogP contribution in [0.3, 0.4) is 0 Å². The molecule has 2 aromatic rings. The standard InChI is InChI=1S/C27H37NO3/c1-3-22-13-15-24(16-14-22)27(23-10-6-4-7-11-23)31-25-17-20-28(21-18-25)19-9-5-8-12-26(29)30-2/h4,6-7,10-11,13-16,25,27H,3,5,8-9,12,17-21H2,1-2H3. The third kappa shape index (κ3) is 7.48. The molecule has 0 N–H and O–H groups in total. The van der Waals surface area contributed by atoms with Gasteiger partial charge in [-0.3, -0.25) is 4.79 Å². The molecule has 1 heterocycles. The van der Waals surface area contributed by atoms with Crippen molar-refractivity contribution in [2.45, 2.75) is 64.1 Å². The second kappa shape index (κ2) is 12.6. The molecule has 1 atom stereocenters. The Hall–Kier alpha value is -2.17. The van der Waals surface area contributed by atoms with E-state index in [0.717, 1.165) is 58.2 Å². The Morgan fingerprint density at radius 1 is 0.968 bits per heavy atom. The zero-order chi connectivity index (χ0) is 21.9. The van der Waals surface area contributed by atoms with E-state index in [9.17, 15) is 4.79 Å². The van der Waals surface area contributed by atoms with Crippen LogP contribution in [0.15, 0.2) is 54.6 Å². The molecule has 0 amide bonds. The number of aryl methyl sites for hydroxylation is 1. The van der Waals surface area contributed by atoms with Crippen molar-refractivity contribution < 1.29 is 14.3 Å². The molecule has 0 radical (unpaired) electrons. The average Bonchev–Trinajstić information content (AvgIpc) is 2.83. The Morgan fingerprint density at radius 3 is 2.29 bits per heavy atom. The van der Waals surface area contributed by atoms with Crippen LogP contribution in [0.2, 0.25) is 0 Å². The molecule has 1 saturated heterocycles. The molecular weight excluding hydrogens is 386 g/mol. The van der Waals surface area contributed by atoms with Gasteiger partial charge >= 0.3 is 5.97 Å². The van der Waals surface area contributed by atoms with Crippen LogP contribution < -0.4 is 0 Å². The second-order valence-corrected chi connectivity index (χ2v) is 8.45. The maximum Gasteiger partial charge on any atom is 0.305 e. The lowest BCUT2D eigenvalue weighted by molar-refractivity contribution is -0.140. The third-order valence-electron chi connectivity index (χ3n) is 6.24. The predicted octanol–water partition coefficient (Wildman–Crippen LogP) is 5.55. The first kappa shape index (κ1) is 23.5. The average molecular weight is 424 g/mol. The molecule has 0 saturated carbocycles. The Morgan fingerprint density at radius 2 is 1.65 bits per heavy atom. The largest absolute Gasteiger partial charge is 0.469 e. The van der Waals surface area contributed by atoms with Gasteiger partial charge in [-0.1, -0.05) is 67.9 Å². The van der Waals surface area contributed by atoms with Crippen LogP contribution >= 0.6 is 0 Å². The summed E-state index contributed by atoms with van der Waals surface area (Å²) in [6, 6.07) is 19.5. The second-order valence-electron chi connectivity index (χ2n) is 8.45. The highest BCUT2D eigenvalue weighted by Crippen LogP contribution is 2.30. The molecule has 0 spiro atoms. The number of unbranched alkanes of at least 4 members (excludes halogenated alkanes) is 2. The zero-order valence-corrected chi connectivity index (χ0v) is 19.1. The van der Waals surface area contributed by atoms with Crippen molar-refractivity contribution in [3.05, 3.63) is 71.3 Å². The molecule has 4 heteroatoms. The Labute approximate surface area is 187 Å². The normalized spacial score (nSPS) is 16.2. The van der Waals surface area contributed by atoms with Crippen molar-refractivity contribution in [1.29, 1.82) is 0 Å². The van der Waals surface area contributed by atoms with E-state index in [1.165, 1.54) is 23.8 Å². The quantitative estimate of drug-likeness (QED) is 0.351. The molecule has 1 unspecified atom stereocenters. The van der Waals surface area contributed by atoms with Gasteiger partial charge in [-0.25, -0.2) is 0 Å². The number of carbonyl (C=O) groups is 1. The first-order valence-corrected chi connectivity index (χ1v) is 11.8. The minimum absolute atomic E-state index is 0.0121. The van der Waals surface area contributed by atoms with Gasteiger partial charge in [-0.05, 0) is 55.3 Å². The van der Waals surface area contributed by atoms with Crippen LogP contribution in [0.25, 0.3) is 0 Å². The first-order chi connectivity index (χ1) is 15.2. The molecule has 168 valence electrons. The maximum atomic E-state index is 11.2. The van der Waals surface area contributed by atoms with E-state index in [0.29, 0.717) is 6.42 Å². The lowest BCUT2D eigenvalue weighted by Crippen LogP contribution is -2.38. The van der Waals surface area contributed by atoms with Crippen molar-refractivity contribution in [2.24, 2.45) is 0 Å². The number of hydrogen-bond acceptors (Lipinski definition) is 4. The monoisotopic (exact) mass is 423 g/mol. The van der Waals surface area contributed by atoms with E-state index >= 15 is 0 Å². The van der Waals surface area contributed by atoms with Gasteiger partial charge in [-0.15, -0.1) is 0 Å². The van der Waals surface area contributed by atoms with Crippen molar-refractivity contribution in [3.8, 4) is 0 Å². The van der Waals surface area contributed by atoms with Gasteiger partial charge in [0, 0.05) is 19.5 Å². The van der Waals surface area contributed by atoms with Gasteiger partial charge < -0.3 is 14.4 Å². The molecule has 0 aromatic heterocycles. The highest BCUT2D eigenvalue weighted by molar-refractivity contribution is 5.68. The summed E-state index contributed by atoms with van der Waals surface area (Å²) in [6.07, 6.45) is 7.13. The van der Waals surface area contributed by atoms with Gasteiger partial charge in [0.1, 0.15) is 6.10 Å². The summed E-state index contributed by atoms with van der Waals surface area (Å²) in [6.45, 7) is 5.46. The lowest BCUT2D eigenvalue weighted by atomic mass is 9.98. The van der Waals surface area contributed by atoms with Gasteiger partial charge in [0.25, 0.3) is 0 Å².